The van der Waals surface area contributed by atoms with Gasteiger partial charge in [0.15, 0.2) is 0 Å². The van der Waals surface area contributed by atoms with Crippen LogP contribution in [0.25, 0.3) is 0 Å². The Morgan fingerprint density at radius 1 is 1.17 bits per heavy atom. The average molecular weight is 313 g/mol. The fourth-order valence-corrected chi connectivity index (χ4v) is 3.71. The zero-order valence-electron chi connectivity index (χ0n) is 13.8. The second-order valence-electron chi connectivity index (χ2n) is 6.63. The molecule has 124 valence electrons. The molecule has 0 N–H and O–H groups in total. The Morgan fingerprint density at radius 3 is 2.65 bits per heavy atom. The molecule has 0 unspecified atom stereocenters. The van der Waals surface area contributed by atoms with Crippen LogP contribution >= 0.6 is 0 Å². The van der Waals surface area contributed by atoms with E-state index >= 15 is 0 Å². The predicted octanol–water partition coefficient (Wildman–Crippen LogP) is 3.77. The van der Waals surface area contributed by atoms with E-state index in [1.807, 2.05) is 18.2 Å². The lowest BCUT2D eigenvalue weighted by Gasteiger charge is -2.26. The van der Waals surface area contributed by atoms with Gasteiger partial charge in [0.2, 0.25) is 0 Å². The van der Waals surface area contributed by atoms with Gasteiger partial charge in [-0.3, -0.25) is 9.69 Å². The summed E-state index contributed by atoms with van der Waals surface area (Å²) in [6.07, 6.45) is 10.3. The summed E-state index contributed by atoms with van der Waals surface area (Å²) in [6.45, 7) is 3.67. The fourth-order valence-electron chi connectivity index (χ4n) is 3.71. The normalized spacial score (nSPS) is 22.9. The molecule has 2 atom stereocenters. The topological polar surface area (TPSA) is 29.5 Å². The molecule has 1 aromatic rings. The third kappa shape index (κ3) is 4.44. The minimum Gasteiger partial charge on any atom is -0.464 e. The lowest BCUT2D eigenvalue weighted by atomic mass is 9.80. The van der Waals surface area contributed by atoms with Gasteiger partial charge < -0.3 is 4.74 Å². The number of benzene rings is 1. The molecule has 0 bridgehead atoms. The van der Waals surface area contributed by atoms with Crippen molar-refractivity contribution in [2.45, 2.75) is 38.0 Å². The Morgan fingerprint density at radius 2 is 1.96 bits per heavy atom. The first kappa shape index (κ1) is 16.3. The zero-order chi connectivity index (χ0) is 15.9. The van der Waals surface area contributed by atoms with E-state index in [9.17, 15) is 4.79 Å². The van der Waals surface area contributed by atoms with Crippen LogP contribution in [0.4, 0.5) is 0 Å². The van der Waals surface area contributed by atoms with Crippen molar-refractivity contribution in [3.05, 3.63) is 48.0 Å². The summed E-state index contributed by atoms with van der Waals surface area (Å²) in [5.74, 6) is 0.0451. The Hall–Kier alpha value is -1.61. The van der Waals surface area contributed by atoms with E-state index in [0.717, 1.165) is 44.5 Å². The number of rotatable bonds is 6. The first-order valence-corrected chi connectivity index (χ1v) is 8.95. The molecule has 0 aromatic heterocycles. The van der Waals surface area contributed by atoms with Gasteiger partial charge in [-0.05, 0) is 56.7 Å². The molecule has 0 amide bonds. The van der Waals surface area contributed by atoms with Crippen molar-refractivity contribution < 1.29 is 9.53 Å². The van der Waals surface area contributed by atoms with Crippen molar-refractivity contribution in [2.75, 3.05) is 26.2 Å². The van der Waals surface area contributed by atoms with Gasteiger partial charge in [0, 0.05) is 6.54 Å². The van der Waals surface area contributed by atoms with Gasteiger partial charge in [-0.15, -0.1) is 0 Å². The van der Waals surface area contributed by atoms with Crippen LogP contribution in [-0.4, -0.2) is 37.1 Å². The van der Waals surface area contributed by atoms with Crippen molar-refractivity contribution in [1.29, 1.82) is 0 Å². The lowest BCUT2D eigenvalue weighted by molar-refractivity contribution is -0.147. The Labute approximate surface area is 139 Å². The summed E-state index contributed by atoms with van der Waals surface area (Å²) in [7, 11) is 0. The highest BCUT2D eigenvalue weighted by molar-refractivity contribution is 5.79. The average Bonchev–Trinajstić information content (AvgIpc) is 3.10. The van der Waals surface area contributed by atoms with Gasteiger partial charge in [-0.25, -0.2) is 0 Å². The Balaban J connectivity index is 1.63. The van der Waals surface area contributed by atoms with Crippen LogP contribution in [0.5, 0.6) is 0 Å². The van der Waals surface area contributed by atoms with Crippen LogP contribution in [-0.2, 0) is 9.53 Å². The molecule has 0 saturated carbocycles. The SMILES string of the molecule is O=C(OCCN1CCCC1)[C@H](c1ccccc1)[C@H]1C=CCCC1. The number of nitrogens with zero attached hydrogens (tertiary/aromatic N) is 1. The van der Waals surface area contributed by atoms with Crippen molar-refractivity contribution >= 4 is 5.97 Å². The molecule has 3 nitrogen and oxygen atoms in total. The first-order valence-electron chi connectivity index (χ1n) is 8.95. The highest BCUT2D eigenvalue weighted by atomic mass is 16.5. The maximum absolute atomic E-state index is 12.7. The number of carbonyl (C=O) groups is 1. The van der Waals surface area contributed by atoms with E-state index < -0.39 is 0 Å². The molecule has 1 aliphatic carbocycles. The summed E-state index contributed by atoms with van der Waals surface area (Å²) in [5, 5.41) is 0. The molecule has 0 spiro atoms. The van der Waals surface area contributed by atoms with Gasteiger partial charge >= 0.3 is 5.97 Å². The summed E-state index contributed by atoms with van der Waals surface area (Å²) in [5.41, 5.74) is 1.08. The number of allylic oxidation sites excluding steroid dienone is 2. The highest BCUT2D eigenvalue weighted by Crippen LogP contribution is 2.33. The van der Waals surface area contributed by atoms with Crippen molar-refractivity contribution in [1.82, 2.24) is 4.90 Å². The number of likely N-dealkylation sites (tertiary alicyclic amines) is 1. The van der Waals surface area contributed by atoms with Crippen LogP contribution in [0.1, 0.15) is 43.6 Å². The number of esters is 1. The number of ether oxygens (including phenoxy) is 1. The number of carbonyl (C=O) groups excluding carboxylic acids is 1. The standard InChI is InChI=1S/C20H27NO2/c22-20(23-16-15-21-13-7-8-14-21)19(17-9-3-1-4-10-17)18-11-5-2-6-12-18/h1,3-5,9-11,18-19H,2,6-8,12-16H2/t18-,19+/m0/s1. The molecular weight excluding hydrogens is 286 g/mol. The summed E-state index contributed by atoms with van der Waals surface area (Å²) >= 11 is 0. The van der Waals surface area contributed by atoms with E-state index in [0.29, 0.717) is 6.61 Å². The quantitative estimate of drug-likeness (QED) is 0.591. The van der Waals surface area contributed by atoms with Gasteiger partial charge in [-0.2, -0.15) is 0 Å². The molecule has 3 rings (SSSR count). The van der Waals surface area contributed by atoms with E-state index in [1.165, 1.54) is 12.8 Å². The lowest BCUT2D eigenvalue weighted by Crippen LogP contribution is -2.29. The highest BCUT2D eigenvalue weighted by Gasteiger charge is 2.30. The monoisotopic (exact) mass is 313 g/mol. The van der Waals surface area contributed by atoms with E-state index in [1.54, 1.807) is 0 Å². The third-order valence-corrected chi connectivity index (χ3v) is 4.98. The van der Waals surface area contributed by atoms with Gasteiger partial charge in [0.1, 0.15) is 6.61 Å². The smallest absolute Gasteiger partial charge is 0.314 e. The Kier molecular flexibility index (Phi) is 5.87. The summed E-state index contributed by atoms with van der Waals surface area (Å²) < 4.78 is 5.66. The van der Waals surface area contributed by atoms with Crippen LogP contribution in [0.15, 0.2) is 42.5 Å². The predicted molar refractivity (Wildman–Crippen MR) is 92.3 cm³/mol. The van der Waals surface area contributed by atoms with E-state index in [2.05, 4.69) is 29.2 Å². The summed E-state index contributed by atoms with van der Waals surface area (Å²) in [4.78, 5) is 15.1. The molecule has 0 radical (unpaired) electrons. The van der Waals surface area contributed by atoms with Gasteiger partial charge in [0.25, 0.3) is 0 Å². The van der Waals surface area contributed by atoms with Crippen molar-refractivity contribution in [2.24, 2.45) is 5.92 Å². The largest absolute Gasteiger partial charge is 0.464 e. The molecular formula is C20H27NO2. The van der Waals surface area contributed by atoms with Crippen LogP contribution in [0.3, 0.4) is 0 Å². The fraction of sp³-hybridized carbons (Fsp3) is 0.550. The number of hydrogen-bond donors (Lipinski definition) is 0. The number of hydrogen-bond acceptors (Lipinski definition) is 3. The van der Waals surface area contributed by atoms with Gasteiger partial charge in [0.05, 0.1) is 5.92 Å². The van der Waals surface area contributed by atoms with Crippen LogP contribution in [0.2, 0.25) is 0 Å². The van der Waals surface area contributed by atoms with E-state index in [-0.39, 0.29) is 17.8 Å². The molecule has 1 saturated heterocycles. The second-order valence-corrected chi connectivity index (χ2v) is 6.63. The van der Waals surface area contributed by atoms with E-state index in [4.69, 9.17) is 4.74 Å². The maximum atomic E-state index is 12.7. The minimum atomic E-state index is -0.161. The second kappa shape index (κ2) is 8.30. The maximum Gasteiger partial charge on any atom is 0.314 e. The zero-order valence-corrected chi connectivity index (χ0v) is 13.8. The molecule has 1 aliphatic heterocycles. The molecule has 3 heteroatoms. The van der Waals surface area contributed by atoms with Gasteiger partial charge in [-0.1, -0.05) is 42.5 Å². The Bertz CT molecular complexity index is 520. The molecule has 1 aromatic carbocycles. The minimum absolute atomic E-state index is 0.0630. The molecule has 1 fully saturated rings. The summed E-state index contributed by atoms with van der Waals surface area (Å²) in [6, 6.07) is 10.1. The van der Waals surface area contributed by atoms with Crippen molar-refractivity contribution in [3.8, 4) is 0 Å². The molecule has 2 aliphatic rings. The van der Waals surface area contributed by atoms with Crippen molar-refractivity contribution in [3.63, 3.8) is 0 Å². The van der Waals surface area contributed by atoms with Crippen LogP contribution in [0, 0.1) is 5.92 Å². The molecule has 1 heterocycles. The van der Waals surface area contributed by atoms with Crippen LogP contribution < -0.4 is 0 Å². The first-order chi connectivity index (χ1) is 11.3. The molecule has 23 heavy (non-hydrogen) atoms. The third-order valence-electron chi connectivity index (χ3n) is 4.98.